The quantitative estimate of drug-likeness (QED) is 0.496. The van der Waals surface area contributed by atoms with Crippen LogP contribution < -0.4 is 16.4 Å². The number of aromatic nitrogens is 1. The van der Waals surface area contributed by atoms with Crippen molar-refractivity contribution < 1.29 is 14.4 Å². The summed E-state index contributed by atoms with van der Waals surface area (Å²) in [6.07, 6.45) is 0.0937. The molecule has 0 aliphatic carbocycles. The van der Waals surface area contributed by atoms with Gasteiger partial charge in [-0.25, -0.2) is 4.98 Å². The average Bonchev–Trinajstić information content (AvgIpc) is 3.16. The highest BCUT2D eigenvalue weighted by Crippen LogP contribution is 2.30. The van der Waals surface area contributed by atoms with Crippen LogP contribution in [0, 0.1) is 0 Å². The Labute approximate surface area is 182 Å². The van der Waals surface area contributed by atoms with Gasteiger partial charge >= 0.3 is 0 Å². The Morgan fingerprint density at radius 3 is 2.57 bits per heavy atom. The van der Waals surface area contributed by atoms with Gasteiger partial charge in [0.15, 0.2) is 0 Å². The summed E-state index contributed by atoms with van der Waals surface area (Å²) in [6.45, 7) is 0.125. The molecule has 0 atom stereocenters. The van der Waals surface area contributed by atoms with E-state index in [2.05, 4.69) is 15.6 Å². The summed E-state index contributed by atoms with van der Waals surface area (Å²) in [4.78, 5) is 40.2. The number of nitrogens with two attached hydrogens (primary N) is 1. The Morgan fingerprint density at radius 1 is 1.07 bits per heavy atom. The molecule has 0 aliphatic rings. The highest BCUT2D eigenvalue weighted by Gasteiger charge is 2.15. The Balaban J connectivity index is 1.65. The maximum Gasteiger partial charge on any atom is 0.253 e. The van der Waals surface area contributed by atoms with E-state index in [4.69, 9.17) is 17.3 Å². The first-order valence-electron chi connectivity index (χ1n) is 9.08. The average molecular weight is 443 g/mol. The number of halogens is 1. The molecule has 0 fully saturated rings. The number of para-hydroxylation sites is 1. The molecular formula is C21H19ClN4O3S. The van der Waals surface area contributed by atoms with Crippen LogP contribution in [0.5, 0.6) is 0 Å². The van der Waals surface area contributed by atoms with Crippen LogP contribution in [0.3, 0.4) is 0 Å². The third-order valence-electron chi connectivity index (χ3n) is 4.10. The van der Waals surface area contributed by atoms with Gasteiger partial charge in [-0.15, -0.1) is 11.3 Å². The van der Waals surface area contributed by atoms with E-state index in [0.717, 1.165) is 10.6 Å². The van der Waals surface area contributed by atoms with Gasteiger partial charge in [-0.3, -0.25) is 14.4 Å². The third kappa shape index (κ3) is 5.65. The van der Waals surface area contributed by atoms with Gasteiger partial charge in [-0.2, -0.15) is 0 Å². The molecule has 3 rings (SSSR count). The van der Waals surface area contributed by atoms with Crippen molar-refractivity contribution in [2.45, 2.75) is 12.8 Å². The molecular weight excluding hydrogens is 424 g/mol. The van der Waals surface area contributed by atoms with Crippen molar-refractivity contribution in [3.8, 4) is 10.6 Å². The lowest BCUT2D eigenvalue weighted by Gasteiger charge is -2.11. The Kier molecular flexibility index (Phi) is 7.16. The van der Waals surface area contributed by atoms with Gasteiger partial charge in [0, 0.05) is 23.9 Å². The smallest absolute Gasteiger partial charge is 0.253 e. The zero-order valence-corrected chi connectivity index (χ0v) is 17.4. The molecule has 3 aromatic rings. The molecule has 0 bridgehead atoms. The molecule has 0 unspecified atom stereocenters. The fraction of sp³-hybridized carbons (Fsp3) is 0.143. The van der Waals surface area contributed by atoms with Crippen LogP contribution in [0.25, 0.3) is 10.6 Å². The van der Waals surface area contributed by atoms with Gasteiger partial charge in [0.1, 0.15) is 5.01 Å². The Bertz CT molecular complexity index is 1080. The molecule has 30 heavy (non-hydrogen) atoms. The summed E-state index contributed by atoms with van der Waals surface area (Å²) in [5.74, 6) is -1.21. The maximum absolute atomic E-state index is 12.5. The van der Waals surface area contributed by atoms with Crippen molar-refractivity contribution >= 4 is 46.3 Å². The highest BCUT2D eigenvalue weighted by molar-refractivity contribution is 7.13. The molecule has 1 aromatic heterocycles. The first kappa shape index (κ1) is 21.5. The Morgan fingerprint density at radius 2 is 1.80 bits per heavy atom. The van der Waals surface area contributed by atoms with Gasteiger partial charge in [-0.1, -0.05) is 41.9 Å². The zero-order chi connectivity index (χ0) is 21.5. The molecule has 4 N–H and O–H groups in total. The lowest BCUT2D eigenvalue weighted by molar-refractivity contribution is -0.118. The number of primary amides is 1. The molecule has 0 saturated heterocycles. The minimum Gasteiger partial charge on any atom is -0.370 e. The summed E-state index contributed by atoms with van der Waals surface area (Å²) < 4.78 is 0. The van der Waals surface area contributed by atoms with Crippen LogP contribution in [0.15, 0.2) is 53.9 Å². The third-order valence-corrected chi connectivity index (χ3v) is 5.35. The molecule has 3 amide bonds. The number of nitrogens with one attached hydrogen (secondary N) is 2. The van der Waals surface area contributed by atoms with E-state index >= 15 is 0 Å². The van der Waals surface area contributed by atoms with Crippen molar-refractivity contribution in [3.63, 3.8) is 0 Å². The second kappa shape index (κ2) is 10.00. The van der Waals surface area contributed by atoms with E-state index in [1.54, 1.807) is 35.7 Å². The topological polar surface area (TPSA) is 114 Å². The first-order valence-corrected chi connectivity index (χ1v) is 10.3. The predicted octanol–water partition coefficient (Wildman–Crippen LogP) is 3.25. The van der Waals surface area contributed by atoms with Crippen molar-refractivity contribution in [3.05, 3.63) is 70.2 Å². The number of hydrogen-bond acceptors (Lipinski definition) is 5. The summed E-state index contributed by atoms with van der Waals surface area (Å²) in [7, 11) is 0. The van der Waals surface area contributed by atoms with Crippen LogP contribution in [0.4, 0.5) is 5.69 Å². The van der Waals surface area contributed by atoms with E-state index in [-0.39, 0.29) is 25.3 Å². The van der Waals surface area contributed by atoms with E-state index in [1.165, 1.54) is 11.3 Å². The maximum atomic E-state index is 12.5. The standard InChI is InChI=1S/C21H19ClN4O3S/c22-16-7-3-1-5-14(16)21-25-13(12-30-21)11-19(28)26-17-8-4-2-6-15(17)20(29)24-10-9-18(23)27/h1-8,12H,9-11H2,(H2,23,27)(H,24,29)(H,26,28). The Hall–Kier alpha value is -3.23. The minimum atomic E-state index is -0.503. The SMILES string of the molecule is NC(=O)CCNC(=O)c1ccccc1NC(=O)Cc1csc(-c2ccccc2Cl)n1. The summed E-state index contributed by atoms with van der Waals surface area (Å²) >= 11 is 7.61. The van der Waals surface area contributed by atoms with Gasteiger partial charge in [0.25, 0.3) is 5.91 Å². The number of nitrogens with zero attached hydrogens (tertiary/aromatic N) is 1. The fourth-order valence-corrected chi connectivity index (χ4v) is 3.83. The second-order valence-corrected chi connectivity index (χ2v) is 7.63. The van der Waals surface area contributed by atoms with Crippen molar-refractivity contribution in [1.82, 2.24) is 10.3 Å². The van der Waals surface area contributed by atoms with Crippen LogP contribution in [0.1, 0.15) is 22.5 Å². The largest absolute Gasteiger partial charge is 0.370 e. The van der Waals surface area contributed by atoms with Crippen LogP contribution in [0.2, 0.25) is 5.02 Å². The molecule has 0 radical (unpaired) electrons. The predicted molar refractivity (Wildman–Crippen MR) is 117 cm³/mol. The summed E-state index contributed by atoms with van der Waals surface area (Å²) in [5.41, 5.74) is 7.17. The van der Waals surface area contributed by atoms with E-state index in [9.17, 15) is 14.4 Å². The van der Waals surface area contributed by atoms with Crippen LogP contribution in [-0.2, 0) is 16.0 Å². The van der Waals surface area contributed by atoms with Gasteiger partial charge < -0.3 is 16.4 Å². The number of carbonyl (C=O) groups excluding carboxylic acids is 3. The van der Waals surface area contributed by atoms with Gasteiger partial charge in [0.05, 0.1) is 28.4 Å². The molecule has 0 spiro atoms. The van der Waals surface area contributed by atoms with Crippen molar-refractivity contribution in [1.29, 1.82) is 0 Å². The van der Waals surface area contributed by atoms with E-state index < -0.39 is 11.8 Å². The number of carbonyl (C=O) groups is 3. The molecule has 9 heteroatoms. The number of benzene rings is 2. The fourth-order valence-electron chi connectivity index (χ4n) is 2.69. The molecule has 2 aromatic carbocycles. The monoisotopic (exact) mass is 442 g/mol. The number of rotatable bonds is 8. The molecule has 154 valence electrons. The number of thiazole rings is 1. The number of hydrogen-bond donors (Lipinski definition) is 3. The van der Waals surface area contributed by atoms with Crippen molar-refractivity contribution in [2.75, 3.05) is 11.9 Å². The number of anilines is 1. The second-order valence-electron chi connectivity index (χ2n) is 6.37. The van der Waals surface area contributed by atoms with Gasteiger partial charge in [-0.05, 0) is 18.2 Å². The highest BCUT2D eigenvalue weighted by atomic mass is 35.5. The summed E-state index contributed by atoms with van der Waals surface area (Å²) in [6, 6.07) is 14.0. The number of amides is 3. The summed E-state index contributed by atoms with van der Waals surface area (Å²) in [5, 5.41) is 8.49. The minimum absolute atomic E-state index is 0.0395. The van der Waals surface area contributed by atoms with Crippen LogP contribution in [-0.4, -0.2) is 29.3 Å². The van der Waals surface area contributed by atoms with Crippen molar-refractivity contribution in [2.24, 2.45) is 5.73 Å². The van der Waals surface area contributed by atoms with Gasteiger partial charge in [0.2, 0.25) is 11.8 Å². The zero-order valence-electron chi connectivity index (χ0n) is 15.9. The normalized spacial score (nSPS) is 10.4. The van der Waals surface area contributed by atoms with E-state index in [0.29, 0.717) is 22.0 Å². The lowest BCUT2D eigenvalue weighted by atomic mass is 10.1. The van der Waals surface area contributed by atoms with Crippen LogP contribution >= 0.6 is 22.9 Å². The molecule has 0 aliphatic heterocycles. The van der Waals surface area contributed by atoms with E-state index in [1.807, 2.05) is 18.2 Å². The molecule has 0 saturated carbocycles. The molecule has 7 nitrogen and oxygen atoms in total. The first-order chi connectivity index (χ1) is 14.4. The lowest BCUT2D eigenvalue weighted by Crippen LogP contribution is -2.29. The molecule has 1 heterocycles.